The smallest absolute Gasteiger partial charge is 0.0725 e. The molecule has 0 heterocycles. The highest BCUT2D eigenvalue weighted by atomic mass is 35.5. The molecule has 3 rings (SSSR count). The maximum atomic E-state index is 6.24. The third kappa shape index (κ3) is 3.23. The minimum absolute atomic E-state index is 0.776. The molecule has 0 N–H and O–H groups in total. The average molecular weight is 313 g/mol. The van der Waals surface area contributed by atoms with Crippen LogP contribution in [0.2, 0.25) is 5.02 Å². The van der Waals surface area contributed by atoms with E-state index in [0.29, 0.717) is 0 Å². The van der Waals surface area contributed by atoms with Gasteiger partial charge in [-0.2, -0.15) is 0 Å². The highest BCUT2D eigenvalue weighted by Gasteiger charge is 2.19. The second-order valence-corrected chi connectivity index (χ2v) is 6.43. The molecule has 2 aromatic rings. The maximum Gasteiger partial charge on any atom is 0.0725 e. The normalized spacial score (nSPS) is 15.5. The fourth-order valence-electron chi connectivity index (χ4n) is 2.90. The first kappa shape index (κ1) is 15.3. The Labute approximate surface area is 137 Å². The van der Waals surface area contributed by atoms with E-state index < -0.39 is 0 Å². The molecule has 0 saturated heterocycles. The number of aryl methyl sites for hydroxylation is 2. The summed E-state index contributed by atoms with van der Waals surface area (Å²) in [7, 11) is 4.15. The highest BCUT2D eigenvalue weighted by molar-refractivity contribution is 6.31. The van der Waals surface area contributed by atoms with Gasteiger partial charge in [-0.05, 0) is 50.2 Å². The van der Waals surface area contributed by atoms with Crippen LogP contribution >= 0.6 is 11.6 Å². The summed E-state index contributed by atoms with van der Waals surface area (Å²) in [6.45, 7) is 1.74. The third-order valence-corrected chi connectivity index (χ3v) is 4.32. The lowest BCUT2D eigenvalue weighted by molar-refractivity contribution is 0.420. The van der Waals surface area contributed by atoms with Crippen molar-refractivity contribution in [3.05, 3.63) is 69.7 Å². The van der Waals surface area contributed by atoms with Crippen molar-refractivity contribution in [3.8, 4) is 0 Å². The first-order valence-corrected chi connectivity index (χ1v) is 8.09. The van der Waals surface area contributed by atoms with Gasteiger partial charge in [-0.3, -0.25) is 4.99 Å². The lowest BCUT2D eigenvalue weighted by atomic mass is 9.98. The standard InChI is InChI=1S/C19H21ClN2/c1-22(2)12-11-21-19-17-6-4-3-5-14(17)7-8-15-9-10-16(20)13-18(15)19/h3-6,9-10,13H,7-8,11-12H2,1-2H3. The molecule has 2 nitrogen and oxygen atoms in total. The molecule has 0 aromatic heterocycles. The van der Waals surface area contributed by atoms with Gasteiger partial charge >= 0.3 is 0 Å². The van der Waals surface area contributed by atoms with E-state index in [1.54, 1.807) is 0 Å². The van der Waals surface area contributed by atoms with Gasteiger partial charge in [0.05, 0.1) is 12.3 Å². The summed E-state index contributed by atoms with van der Waals surface area (Å²) < 4.78 is 0. The molecule has 0 aliphatic heterocycles. The zero-order chi connectivity index (χ0) is 15.5. The lowest BCUT2D eigenvalue weighted by Crippen LogP contribution is -2.17. The van der Waals surface area contributed by atoms with Crippen molar-refractivity contribution >= 4 is 17.3 Å². The molecule has 0 fully saturated rings. The molecular weight excluding hydrogens is 292 g/mol. The van der Waals surface area contributed by atoms with Crippen molar-refractivity contribution in [2.45, 2.75) is 12.8 Å². The second kappa shape index (κ2) is 6.64. The fraction of sp³-hybridized carbons (Fsp3) is 0.316. The van der Waals surface area contributed by atoms with Crippen LogP contribution in [0.15, 0.2) is 47.5 Å². The summed E-state index contributed by atoms with van der Waals surface area (Å²) in [6, 6.07) is 14.8. The van der Waals surface area contributed by atoms with Crippen LogP contribution in [0, 0.1) is 0 Å². The van der Waals surface area contributed by atoms with E-state index >= 15 is 0 Å². The molecule has 114 valence electrons. The molecule has 0 unspecified atom stereocenters. The Morgan fingerprint density at radius 2 is 1.73 bits per heavy atom. The molecule has 3 heteroatoms. The highest BCUT2D eigenvalue weighted by Crippen LogP contribution is 2.27. The predicted molar refractivity (Wildman–Crippen MR) is 94.4 cm³/mol. The number of likely N-dealkylation sites (N-methyl/N-ethyl adjacent to an activating group) is 1. The van der Waals surface area contributed by atoms with Crippen LogP contribution in [0.5, 0.6) is 0 Å². The summed E-state index contributed by atoms with van der Waals surface area (Å²) in [6.07, 6.45) is 2.09. The molecule has 0 atom stereocenters. The molecule has 22 heavy (non-hydrogen) atoms. The van der Waals surface area contributed by atoms with Crippen LogP contribution in [0.25, 0.3) is 0 Å². The first-order chi connectivity index (χ1) is 10.6. The number of rotatable bonds is 3. The van der Waals surface area contributed by atoms with Gasteiger partial charge in [0.1, 0.15) is 0 Å². The largest absolute Gasteiger partial charge is 0.308 e. The van der Waals surface area contributed by atoms with Crippen molar-refractivity contribution in [3.63, 3.8) is 0 Å². The molecule has 0 saturated carbocycles. The Morgan fingerprint density at radius 3 is 2.50 bits per heavy atom. The summed E-state index contributed by atoms with van der Waals surface area (Å²) in [5.74, 6) is 0. The number of aliphatic imine (C=N–C) groups is 1. The van der Waals surface area contributed by atoms with Gasteiger partial charge in [0.2, 0.25) is 0 Å². The van der Waals surface area contributed by atoms with Crippen LogP contribution in [-0.4, -0.2) is 37.8 Å². The number of nitrogens with zero attached hydrogens (tertiary/aromatic N) is 2. The Morgan fingerprint density at radius 1 is 1.00 bits per heavy atom. The third-order valence-electron chi connectivity index (χ3n) is 4.08. The van der Waals surface area contributed by atoms with Crippen molar-refractivity contribution in [1.29, 1.82) is 0 Å². The lowest BCUT2D eigenvalue weighted by Gasteiger charge is -2.13. The quantitative estimate of drug-likeness (QED) is 0.841. The van der Waals surface area contributed by atoms with Crippen molar-refractivity contribution < 1.29 is 0 Å². The van der Waals surface area contributed by atoms with Gasteiger partial charge in [0.25, 0.3) is 0 Å². The summed E-state index contributed by atoms with van der Waals surface area (Å²) in [4.78, 5) is 7.08. The number of fused-ring (bicyclic) bond motifs is 2. The van der Waals surface area contributed by atoms with E-state index in [1.807, 2.05) is 6.07 Å². The zero-order valence-corrected chi connectivity index (χ0v) is 13.9. The summed E-state index contributed by atoms with van der Waals surface area (Å²) >= 11 is 6.24. The molecule has 0 radical (unpaired) electrons. The van der Waals surface area contributed by atoms with Crippen LogP contribution in [0.1, 0.15) is 22.3 Å². The monoisotopic (exact) mass is 312 g/mol. The number of halogens is 1. The van der Waals surface area contributed by atoms with Crippen molar-refractivity contribution in [1.82, 2.24) is 4.90 Å². The van der Waals surface area contributed by atoms with Gasteiger partial charge in [-0.1, -0.05) is 41.9 Å². The van der Waals surface area contributed by atoms with Crippen molar-refractivity contribution in [2.75, 3.05) is 27.2 Å². The second-order valence-electron chi connectivity index (χ2n) is 5.99. The van der Waals surface area contributed by atoms with Gasteiger partial charge in [0.15, 0.2) is 0 Å². The molecule has 0 spiro atoms. The van der Waals surface area contributed by atoms with Gasteiger partial charge in [0, 0.05) is 22.7 Å². The van der Waals surface area contributed by atoms with Gasteiger partial charge < -0.3 is 4.90 Å². The summed E-state index contributed by atoms with van der Waals surface area (Å²) in [5, 5.41) is 0.776. The van der Waals surface area contributed by atoms with Crippen LogP contribution in [0.4, 0.5) is 0 Å². The van der Waals surface area contributed by atoms with Crippen LogP contribution in [-0.2, 0) is 12.8 Å². The van der Waals surface area contributed by atoms with E-state index in [9.17, 15) is 0 Å². The minimum Gasteiger partial charge on any atom is -0.308 e. The van der Waals surface area contributed by atoms with E-state index in [0.717, 1.165) is 36.7 Å². The molecular formula is C19H21ClN2. The first-order valence-electron chi connectivity index (χ1n) is 7.71. The van der Waals surface area contributed by atoms with E-state index in [2.05, 4.69) is 55.4 Å². The molecule has 1 aliphatic carbocycles. The number of hydrogen-bond donors (Lipinski definition) is 0. The molecule has 0 bridgehead atoms. The topological polar surface area (TPSA) is 15.6 Å². The maximum absolute atomic E-state index is 6.24. The number of hydrogen-bond acceptors (Lipinski definition) is 2. The van der Waals surface area contributed by atoms with E-state index in [1.165, 1.54) is 22.3 Å². The Bertz CT molecular complexity index is 704. The zero-order valence-electron chi connectivity index (χ0n) is 13.1. The average Bonchev–Trinajstić information content (AvgIpc) is 2.65. The fourth-order valence-corrected chi connectivity index (χ4v) is 3.08. The molecule has 2 aromatic carbocycles. The molecule has 0 amide bonds. The van der Waals surface area contributed by atoms with Crippen molar-refractivity contribution in [2.24, 2.45) is 4.99 Å². The Balaban J connectivity index is 2.10. The van der Waals surface area contributed by atoms with Gasteiger partial charge in [-0.15, -0.1) is 0 Å². The SMILES string of the molecule is CN(C)CCN=C1c2ccccc2CCc2ccc(Cl)cc21. The summed E-state index contributed by atoms with van der Waals surface area (Å²) in [5.41, 5.74) is 6.24. The van der Waals surface area contributed by atoms with E-state index in [-0.39, 0.29) is 0 Å². The Hall–Kier alpha value is -1.64. The van der Waals surface area contributed by atoms with E-state index in [4.69, 9.17) is 16.6 Å². The minimum atomic E-state index is 0.776. The number of benzene rings is 2. The van der Waals surface area contributed by atoms with Crippen LogP contribution in [0.3, 0.4) is 0 Å². The Kier molecular flexibility index (Phi) is 4.60. The van der Waals surface area contributed by atoms with Gasteiger partial charge in [-0.25, -0.2) is 0 Å². The predicted octanol–water partition coefficient (Wildman–Crippen LogP) is 3.84. The van der Waals surface area contributed by atoms with Crippen LogP contribution < -0.4 is 0 Å². The molecule has 1 aliphatic rings.